The third-order valence-corrected chi connectivity index (χ3v) is 3.41. The largest absolute Gasteiger partial charge is 0.489 e. The molecule has 0 amide bonds. The number of halogens is 1. The topological polar surface area (TPSA) is 21.3 Å². The first kappa shape index (κ1) is 15.5. The van der Waals surface area contributed by atoms with Crippen molar-refractivity contribution in [3.8, 4) is 5.75 Å². The predicted octanol–water partition coefficient (Wildman–Crippen LogP) is 3.87. The van der Waals surface area contributed by atoms with Gasteiger partial charge in [0.2, 0.25) is 0 Å². The van der Waals surface area contributed by atoms with Crippen molar-refractivity contribution in [2.75, 3.05) is 13.1 Å². The zero-order valence-electron chi connectivity index (χ0n) is 12.7. The van der Waals surface area contributed by atoms with Crippen LogP contribution in [0.2, 0.25) is 0 Å². The Bertz CT molecular complexity index is 566. The summed E-state index contributed by atoms with van der Waals surface area (Å²) < 4.78 is 18.9. The fourth-order valence-electron chi connectivity index (χ4n) is 2.10. The van der Waals surface area contributed by atoms with Crippen LogP contribution in [0.25, 0.3) is 0 Å². The summed E-state index contributed by atoms with van der Waals surface area (Å²) in [4.78, 5) is 0. The summed E-state index contributed by atoms with van der Waals surface area (Å²) >= 11 is 0. The molecular weight excluding hydrogens is 265 g/mol. The summed E-state index contributed by atoms with van der Waals surface area (Å²) in [7, 11) is 0. The molecule has 0 fully saturated rings. The number of likely N-dealkylation sites (N-methyl/N-ethyl adjacent to an activating group) is 1. The second kappa shape index (κ2) is 7.79. The van der Waals surface area contributed by atoms with Gasteiger partial charge in [-0.05, 0) is 49.2 Å². The fourth-order valence-corrected chi connectivity index (χ4v) is 2.10. The first-order valence-corrected chi connectivity index (χ1v) is 7.36. The van der Waals surface area contributed by atoms with Gasteiger partial charge in [0.05, 0.1) is 0 Å². The molecule has 112 valence electrons. The Labute approximate surface area is 126 Å². The first-order valence-electron chi connectivity index (χ1n) is 7.36. The van der Waals surface area contributed by atoms with E-state index in [4.69, 9.17) is 4.74 Å². The SMILES string of the molecule is CCNCCc1ccc(COc2cc(F)ccc2C)cc1. The van der Waals surface area contributed by atoms with Gasteiger partial charge in [-0.15, -0.1) is 0 Å². The average molecular weight is 287 g/mol. The average Bonchev–Trinajstić information content (AvgIpc) is 2.50. The van der Waals surface area contributed by atoms with Crippen molar-refractivity contribution >= 4 is 0 Å². The van der Waals surface area contributed by atoms with Crippen molar-refractivity contribution in [1.82, 2.24) is 5.32 Å². The summed E-state index contributed by atoms with van der Waals surface area (Å²) in [5, 5.41) is 3.31. The zero-order valence-corrected chi connectivity index (χ0v) is 12.7. The lowest BCUT2D eigenvalue weighted by Crippen LogP contribution is -2.15. The number of nitrogens with one attached hydrogen (secondary N) is 1. The number of aryl methyl sites for hydroxylation is 1. The van der Waals surface area contributed by atoms with Gasteiger partial charge in [-0.25, -0.2) is 4.39 Å². The molecule has 2 aromatic carbocycles. The molecule has 2 nitrogen and oxygen atoms in total. The van der Waals surface area contributed by atoms with E-state index in [1.165, 1.54) is 17.7 Å². The Kier molecular flexibility index (Phi) is 5.76. The van der Waals surface area contributed by atoms with Gasteiger partial charge in [-0.3, -0.25) is 0 Å². The molecule has 21 heavy (non-hydrogen) atoms. The minimum Gasteiger partial charge on any atom is -0.489 e. The van der Waals surface area contributed by atoms with Crippen LogP contribution >= 0.6 is 0 Å². The number of hydrogen-bond donors (Lipinski definition) is 1. The van der Waals surface area contributed by atoms with Crippen molar-refractivity contribution in [1.29, 1.82) is 0 Å². The number of benzene rings is 2. The molecule has 0 aliphatic carbocycles. The highest BCUT2D eigenvalue weighted by molar-refractivity contribution is 5.33. The summed E-state index contributed by atoms with van der Waals surface area (Å²) in [6.45, 7) is 6.47. The third kappa shape index (κ3) is 4.87. The molecule has 0 bridgehead atoms. The van der Waals surface area contributed by atoms with Crippen LogP contribution in [0.5, 0.6) is 5.75 Å². The Morgan fingerprint density at radius 3 is 2.48 bits per heavy atom. The van der Waals surface area contributed by atoms with Crippen LogP contribution in [-0.2, 0) is 13.0 Å². The Morgan fingerprint density at radius 1 is 1.05 bits per heavy atom. The van der Waals surface area contributed by atoms with Crippen molar-refractivity contribution < 1.29 is 9.13 Å². The lowest BCUT2D eigenvalue weighted by Gasteiger charge is -2.10. The maximum atomic E-state index is 13.2. The van der Waals surface area contributed by atoms with Gasteiger partial charge >= 0.3 is 0 Å². The van der Waals surface area contributed by atoms with Crippen molar-refractivity contribution in [3.05, 3.63) is 65.0 Å². The van der Waals surface area contributed by atoms with Gasteiger partial charge in [0.1, 0.15) is 18.2 Å². The van der Waals surface area contributed by atoms with Gasteiger partial charge < -0.3 is 10.1 Å². The summed E-state index contributed by atoms with van der Waals surface area (Å²) in [5.74, 6) is 0.334. The van der Waals surface area contributed by atoms with E-state index in [1.54, 1.807) is 6.07 Å². The molecule has 0 atom stereocenters. The molecule has 0 aliphatic heterocycles. The molecule has 0 unspecified atom stereocenters. The predicted molar refractivity (Wildman–Crippen MR) is 84.2 cm³/mol. The molecule has 0 radical (unpaired) electrons. The van der Waals surface area contributed by atoms with Crippen molar-refractivity contribution in [2.24, 2.45) is 0 Å². The zero-order chi connectivity index (χ0) is 15.1. The number of hydrogen-bond acceptors (Lipinski definition) is 2. The quantitative estimate of drug-likeness (QED) is 0.781. The first-order chi connectivity index (χ1) is 10.2. The van der Waals surface area contributed by atoms with Gasteiger partial charge in [0.25, 0.3) is 0 Å². The molecule has 0 heterocycles. The van der Waals surface area contributed by atoms with Crippen LogP contribution in [-0.4, -0.2) is 13.1 Å². The molecule has 2 aromatic rings. The number of rotatable bonds is 7. The van der Waals surface area contributed by atoms with Crippen LogP contribution < -0.4 is 10.1 Å². The molecule has 0 spiro atoms. The molecule has 0 aliphatic rings. The minimum absolute atomic E-state index is 0.269. The monoisotopic (exact) mass is 287 g/mol. The highest BCUT2D eigenvalue weighted by Crippen LogP contribution is 2.20. The van der Waals surface area contributed by atoms with E-state index >= 15 is 0 Å². The Hall–Kier alpha value is -1.87. The van der Waals surface area contributed by atoms with Gasteiger partial charge in [0, 0.05) is 6.07 Å². The summed E-state index contributed by atoms with van der Waals surface area (Å²) in [6.07, 6.45) is 1.03. The summed E-state index contributed by atoms with van der Waals surface area (Å²) in [6, 6.07) is 13.0. The summed E-state index contributed by atoms with van der Waals surface area (Å²) in [5.41, 5.74) is 3.34. The smallest absolute Gasteiger partial charge is 0.126 e. The Balaban J connectivity index is 1.90. The van der Waals surface area contributed by atoms with E-state index in [1.807, 2.05) is 6.92 Å². The molecule has 1 N–H and O–H groups in total. The van der Waals surface area contributed by atoms with Gasteiger partial charge in [-0.1, -0.05) is 37.3 Å². The van der Waals surface area contributed by atoms with E-state index in [-0.39, 0.29) is 5.82 Å². The van der Waals surface area contributed by atoms with Gasteiger partial charge in [0.15, 0.2) is 0 Å². The van der Waals surface area contributed by atoms with E-state index in [9.17, 15) is 4.39 Å². The molecule has 2 rings (SSSR count). The number of ether oxygens (including phenoxy) is 1. The second-order valence-electron chi connectivity index (χ2n) is 5.12. The minimum atomic E-state index is -0.269. The van der Waals surface area contributed by atoms with Crippen LogP contribution in [0, 0.1) is 12.7 Å². The van der Waals surface area contributed by atoms with Crippen LogP contribution in [0.15, 0.2) is 42.5 Å². The molecule has 0 saturated carbocycles. The standard InChI is InChI=1S/C18H22FNO/c1-3-20-11-10-15-5-7-16(8-6-15)13-21-18-12-17(19)9-4-14(18)2/h4-9,12,20H,3,10-11,13H2,1-2H3. The second-order valence-corrected chi connectivity index (χ2v) is 5.12. The lowest BCUT2D eigenvalue weighted by molar-refractivity contribution is 0.302. The Morgan fingerprint density at radius 2 is 1.76 bits per heavy atom. The highest BCUT2D eigenvalue weighted by atomic mass is 19.1. The lowest BCUT2D eigenvalue weighted by atomic mass is 10.1. The van der Waals surface area contributed by atoms with Crippen LogP contribution in [0.3, 0.4) is 0 Å². The highest BCUT2D eigenvalue weighted by Gasteiger charge is 2.02. The van der Waals surface area contributed by atoms with Crippen molar-refractivity contribution in [2.45, 2.75) is 26.9 Å². The maximum Gasteiger partial charge on any atom is 0.126 e. The normalized spacial score (nSPS) is 10.6. The van der Waals surface area contributed by atoms with E-state index < -0.39 is 0 Å². The van der Waals surface area contributed by atoms with E-state index in [0.29, 0.717) is 12.4 Å². The molecule has 3 heteroatoms. The maximum absolute atomic E-state index is 13.2. The molecular formula is C18H22FNO. The van der Waals surface area contributed by atoms with E-state index in [2.05, 4.69) is 36.5 Å². The molecule has 0 aromatic heterocycles. The third-order valence-electron chi connectivity index (χ3n) is 3.41. The fraction of sp³-hybridized carbons (Fsp3) is 0.333. The molecule has 0 saturated heterocycles. The van der Waals surface area contributed by atoms with E-state index in [0.717, 1.165) is 30.6 Å². The van der Waals surface area contributed by atoms with Crippen LogP contribution in [0.1, 0.15) is 23.6 Å². The van der Waals surface area contributed by atoms with Crippen molar-refractivity contribution in [3.63, 3.8) is 0 Å². The van der Waals surface area contributed by atoms with Gasteiger partial charge in [-0.2, -0.15) is 0 Å². The van der Waals surface area contributed by atoms with Crippen LogP contribution in [0.4, 0.5) is 4.39 Å².